The Hall–Kier alpha value is -1.36. The highest BCUT2D eigenvalue weighted by molar-refractivity contribution is 5.75. The zero-order valence-electron chi connectivity index (χ0n) is 11.4. The van der Waals surface area contributed by atoms with Gasteiger partial charge >= 0.3 is 30.1 Å². The van der Waals surface area contributed by atoms with Gasteiger partial charge in [0.1, 0.15) is 0 Å². The first-order valence-electron chi connectivity index (χ1n) is 6.51. The molecule has 1 aliphatic carbocycles. The van der Waals surface area contributed by atoms with Crippen molar-refractivity contribution in [1.82, 2.24) is 10.6 Å². The first-order valence-corrected chi connectivity index (χ1v) is 6.51. The number of hydrogen-bond donors (Lipinski definition) is 2. The van der Waals surface area contributed by atoms with Crippen molar-refractivity contribution in [3.05, 3.63) is 0 Å². The van der Waals surface area contributed by atoms with Crippen LogP contribution in [0.1, 0.15) is 32.1 Å². The van der Waals surface area contributed by atoms with Crippen molar-refractivity contribution in [2.24, 2.45) is 0 Å². The Balaban J connectivity index is 3.08. The minimum absolute atomic E-state index is 0.0726. The zero-order chi connectivity index (χ0) is 18.1. The lowest BCUT2D eigenvalue weighted by molar-refractivity contribution is -0.386. The first-order chi connectivity index (χ1) is 10.2. The third kappa shape index (κ3) is 3.94. The normalized spacial score (nSPS) is 18.7. The van der Waals surface area contributed by atoms with Crippen LogP contribution in [0.3, 0.4) is 0 Å². The van der Waals surface area contributed by atoms with Gasteiger partial charge in [-0.25, -0.2) is 4.79 Å². The lowest BCUT2D eigenvalue weighted by Crippen LogP contribution is -2.76. The highest BCUT2D eigenvalue weighted by Gasteiger charge is 2.84. The van der Waals surface area contributed by atoms with Gasteiger partial charge in [0.25, 0.3) is 0 Å². The molecule has 1 saturated carbocycles. The fourth-order valence-electron chi connectivity index (χ4n) is 2.33. The molecule has 0 radical (unpaired) electrons. The van der Waals surface area contributed by atoms with Crippen LogP contribution < -0.4 is 10.6 Å². The minimum Gasteiger partial charge on any atom is -0.335 e. The van der Waals surface area contributed by atoms with Crippen LogP contribution in [-0.2, 0) is 0 Å². The molecular formula is C11H13F9N2O. The van der Waals surface area contributed by atoms with Gasteiger partial charge in [0, 0.05) is 6.04 Å². The zero-order valence-corrected chi connectivity index (χ0v) is 11.4. The van der Waals surface area contributed by atoms with Gasteiger partial charge < -0.3 is 10.6 Å². The molecule has 0 aromatic rings. The molecule has 0 bridgehead atoms. The summed E-state index contributed by atoms with van der Waals surface area (Å²) in [7, 11) is 0. The SMILES string of the molecule is O=C(NC1CCCCC1)NC(C(F)(F)F)(C(F)(F)F)C(F)(F)F. The lowest BCUT2D eigenvalue weighted by atomic mass is 9.95. The van der Waals surface area contributed by atoms with E-state index in [1.807, 2.05) is 0 Å². The van der Waals surface area contributed by atoms with Gasteiger partial charge in [-0.05, 0) is 12.8 Å². The Morgan fingerprint density at radius 2 is 1.13 bits per heavy atom. The van der Waals surface area contributed by atoms with E-state index in [9.17, 15) is 44.3 Å². The predicted octanol–water partition coefficient (Wildman–Crippen LogP) is 4.04. The fraction of sp³-hybridized carbons (Fsp3) is 0.909. The second-order valence-electron chi connectivity index (χ2n) is 5.18. The molecule has 0 spiro atoms. The van der Waals surface area contributed by atoms with Crippen LogP contribution >= 0.6 is 0 Å². The van der Waals surface area contributed by atoms with Crippen molar-refractivity contribution in [2.75, 3.05) is 0 Å². The molecule has 1 rings (SSSR count). The quantitative estimate of drug-likeness (QED) is 0.717. The smallest absolute Gasteiger partial charge is 0.335 e. The largest absolute Gasteiger partial charge is 0.429 e. The van der Waals surface area contributed by atoms with Crippen molar-refractivity contribution in [2.45, 2.75) is 62.2 Å². The number of halogens is 9. The summed E-state index contributed by atoms with van der Waals surface area (Å²) in [5, 5.41) is 1.81. The van der Waals surface area contributed by atoms with Crippen molar-refractivity contribution in [3.8, 4) is 0 Å². The van der Waals surface area contributed by atoms with E-state index in [0.717, 1.165) is 6.42 Å². The molecule has 0 heterocycles. The summed E-state index contributed by atoms with van der Waals surface area (Å²) in [6.07, 6.45) is -18.0. The van der Waals surface area contributed by atoms with Crippen LogP contribution in [-0.4, -0.2) is 36.1 Å². The number of urea groups is 1. The Morgan fingerprint density at radius 1 is 0.739 bits per heavy atom. The molecule has 12 heteroatoms. The van der Waals surface area contributed by atoms with E-state index >= 15 is 0 Å². The maximum Gasteiger partial charge on any atom is 0.429 e. The van der Waals surface area contributed by atoms with Gasteiger partial charge in [-0.3, -0.25) is 0 Å². The Morgan fingerprint density at radius 3 is 1.48 bits per heavy atom. The van der Waals surface area contributed by atoms with Gasteiger partial charge in [-0.2, -0.15) is 39.5 Å². The molecule has 0 aromatic carbocycles. The topological polar surface area (TPSA) is 41.1 Å². The van der Waals surface area contributed by atoms with Gasteiger partial charge in [0.05, 0.1) is 0 Å². The van der Waals surface area contributed by atoms with Gasteiger partial charge in [0.2, 0.25) is 0 Å². The molecule has 0 unspecified atom stereocenters. The van der Waals surface area contributed by atoms with E-state index < -0.39 is 36.1 Å². The lowest BCUT2D eigenvalue weighted by Gasteiger charge is -2.39. The van der Waals surface area contributed by atoms with Crippen LogP contribution in [0.25, 0.3) is 0 Å². The molecule has 0 aromatic heterocycles. The van der Waals surface area contributed by atoms with E-state index in [2.05, 4.69) is 0 Å². The van der Waals surface area contributed by atoms with E-state index in [0.29, 0.717) is 12.8 Å². The highest BCUT2D eigenvalue weighted by Crippen LogP contribution is 2.52. The summed E-state index contributed by atoms with van der Waals surface area (Å²) < 4.78 is 114. The average Bonchev–Trinajstić information content (AvgIpc) is 2.32. The third-order valence-corrected chi connectivity index (χ3v) is 3.52. The molecular weight excluding hydrogens is 347 g/mol. The Bertz CT molecular complexity index is 385. The molecule has 1 fully saturated rings. The first kappa shape index (κ1) is 19.7. The summed E-state index contributed by atoms with van der Waals surface area (Å²) in [5.41, 5.74) is -6.33. The number of rotatable bonds is 2. The van der Waals surface area contributed by atoms with E-state index in [1.54, 1.807) is 5.32 Å². The molecule has 23 heavy (non-hydrogen) atoms. The van der Waals surface area contributed by atoms with Crippen molar-refractivity contribution < 1.29 is 44.3 Å². The molecule has 1 aliphatic rings. The molecule has 2 amide bonds. The average molecular weight is 360 g/mol. The molecule has 0 atom stereocenters. The van der Waals surface area contributed by atoms with Crippen LogP contribution in [0.5, 0.6) is 0 Å². The number of hydrogen-bond acceptors (Lipinski definition) is 1. The maximum atomic E-state index is 12.6. The minimum atomic E-state index is -6.81. The monoisotopic (exact) mass is 360 g/mol. The number of carbonyl (C=O) groups is 1. The summed E-state index contributed by atoms with van der Waals surface area (Å²) in [4.78, 5) is 11.3. The number of alkyl halides is 9. The maximum absolute atomic E-state index is 12.6. The fourth-order valence-corrected chi connectivity index (χ4v) is 2.33. The number of nitrogens with one attached hydrogen (secondary N) is 2. The van der Waals surface area contributed by atoms with Crippen LogP contribution in [0.2, 0.25) is 0 Å². The van der Waals surface area contributed by atoms with Crippen molar-refractivity contribution in [1.29, 1.82) is 0 Å². The van der Waals surface area contributed by atoms with Gasteiger partial charge in [0.15, 0.2) is 0 Å². The summed E-state index contributed by atoms with van der Waals surface area (Å²) in [5.74, 6) is 0. The van der Waals surface area contributed by atoms with E-state index in [1.165, 1.54) is 0 Å². The van der Waals surface area contributed by atoms with Crippen LogP contribution in [0.15, 0.2) is 0 Å². The van der Waals surface area contributed by atoms with E-state index in [-0.39, 0.29) is 18.2 Å². The number of carbonyl (C=O) groups excluding carboxylic acids is 1. The summed E-state index contributed by atoms with van der Waals surface area (Å²) in [6, 6.07) is -2.93. The molecule has 0 saturated heterocycles. The van der Waals surface area contributed by atoms with Crippen LogP contribution in [0, 0.1) is 0 Å². The summed E-state index contributed by atoms with van der Waals surface area (Å²) in [6.45, 7) is 0. The van der Waals surface area contributed by atoms with Gasteiger partial charge in [-0.1, -0.05) is 19.3 Å². The van der Waals surface area contributed by atoms with E-state index in [4.69, 9.17) is 0 Å². The second kappa shape index (κ2) is 6.27. The molecule has 2 N–H and O–H groups in total. The van der Waals surface area contributed by atoms with Crippen molar-refractivity contribution in [3.63, 3.8) is 0 Å². The second-order valence-corrected chi connectivity index (χ2v) is 5.18. The van der Waals surface area contributed by atoms with Gasteiger partial charge in [-0.15, -0.1) is 0 Å². The molecule has 0 aliphatic heterocycles. The van der Waals surface area contributed by atoms with Crippen LogP contribution in [0.4, 0.5) is 44.3 Å². The molecule has 3 nitrogen and oxygen atoms in total. The molecule has 136 valence electrons. The predicted molar refractivity (Wildman–Crippen MR) is 59.4 cm³/mol. The summed E-state index contributed by atoms with van der Waals surface area (Å²) >= 11 is 0. The number of amides is 2. The third-order valence-electron chi connectivity index (χ3n) is 3.52. The highest BCUT2D eigenvalue weighted by atomic mass is 19.4. The van der Waals surface area contributed by atoms with Crippen molar-refractivity contribution >= 4 is 6.03 Å². The Labute approximate surface area is 124 Å². The Kier molecular flexibility index (Phi) is 5.36. The standard InChI is InChI=1S/C11H13F9N2O/c12-9(13,14)8(10(15,16)17,11(18,19)20)22-7(23)21-6-4-2-1-3-5-6/h6H,1-5H2,(H2,21,22,23).